The highest BCUT2D eigenvalue weighted by Gasteiger charge is 2.17. The zero-order valence-corrected chi connectivity index (χ0v) is 13.2. The van der Waals surface area contributed by atoms with Gasteiger partial charge in [-0.2, -0.15) is 0 Å². The van der Waals surface area contributed by atoms with Crippen molar-refractivity contribution in [2.24, 2.45) is 5.92 Å². The van der Waals surface area contributed by atoms with Crippen molar-refractivity contribution < 1.29 is 4.79 Å². The van der Waals surface area contributed by atoms with Crippen molar-refractivity contribution in [3.8, 4) is 0 Å². The first kappa shape index (κ1) is 15.0. The van der Waals surface area contributed by atoms with Crippen LogP contribution >= 0.6 is 38.9 Å². The third-order valence-corrected chi connectivity index (χ3v) is 4.95. The molecule has 17 heavy (non-hydrogen) atoms. The summed E-state index contributed by atoms with van der Waals surface area (Å²) in [5, 5.41) is 2.89. The Bertz CT molecular complexity index is 365. The first-order valence-electron chi connectivity index (χ1n) is 5.76. The molecule has 1 rings (SSSR count). The molecule has 1 unspecified atom stereocenters. The fourth-order valence-electron chi connectivity index (χ4n) is 1.68. The number of hydrogen-bond donors (Lipinski definition) is 1. The lowest BCUT2D eigenvalue weighted by Gasteiger charge is -2.19. The van der Waals surface area contributed by atoms with Gasteiger partial charge in [0, 0.05) is 6.54 Å². The van der Waals surface area contributed by atoms with Gasteiger partial charge in [-0.25, -0.2) is 0 Å². The van der Waals surface area contributed by atoms with Gasteiger partial charge in [-0.3, -0.25) is 4.79 Å². The normalized spacial score (nSPS) is 12.8. The van der Waals surface area contributed by atoms with Gasteiger partial charge >= 0.3 is 0 Å². The van der Waals surface area contributed by atoms with Crippen LogP contribution in [0.3, 0.4) is 0 Å². The highest BCUT2D eigenvalue weighted by Crippen LogP contribution is 2.22. The lowest BCUT2D eigenvalue weighted by atomic mass is 9.99. The molecule has 0 bridgehead atoms. The van der Waals surface area contributed by atoms with E-state index < -0.39 is 0 Å². The number of carbonyl (C=O) groups is 1. The smallest absolute Gasteiger partial charge is 0.261 e. The Balaban J connectivity index is 2.43. The number of rotatable bonds is 6. The number of nitrogens with one attached hydrogen (secondary N) is 1. The molecule has 0 radical (unpaired) electrons. The SMILES string of the molecule is CCC(CC)C(Cl)CNC(=O)c1ccc(Br)s1. The number of carbonyl (C=O) groups excluding carboxylic acids is 1. The summed E-state index contributed by atoms with van der Waals surface area (Å²) in [6, 6.07) is 3.68. The predicted octanol–water partition coefficient (Wildman–Crippen LogP) is 4.28. The second-order valence-electron chi connectivity index (χ2n) is 3.91. The van der Waals surface area contributed by atoms with E-state index >= 15 is 0 Å². The van der Waals surface area contributed by atoms with Gasteiger partial charge in [-0.05, 0) is 34.0 Å². The minimum Gasteiger partial charge on any atom is -0.350 e. The molecule has 5 heteroatoms. The largest absolute Gasteiger partial charge is 0.350 e. The molecule has 1 N–H and O–H groups in total. The van der Waals surface area contributed by atoms with E-state index in [1.54, 1.807) is 0 Å². The Morgan fingerprint density at radius 1 is 1.47 bits per heavy atom. The van der Waals surface area contributed by atoms with Gasteiger partial charge in [0.1, 0.15) is 0 Å². The van der Waals surface area contributed by atoms with Crippen molar-refractivity contribution in [2.45, 2.75) is 32.1 Å². The summed E-state index contributed by atoms with van der Waals surface area (Å²) in [7, 11) is 0. The monoisotopic (exact) mass is 337 g/mol. The van der Waals surface area contributed by atoms with Gasteiger partial charge in [-0.15, -0.1) is 22.9 Å². The summed E-state index contributed by atoms with van der Waals surface area (Å²) in [4.78, 5) is 12.5. The molecule has 0 saturated carbocycles. The van der Waals surface area contributed by atoms with Crippen molar-refractivity contribution in [1.82, 2.24) is 5.32 Å². The minimum absolute atomic E-state index is 0.0114. The van der Waals surface area contributed by atoms with E-state index in [0.29, 0.717) is 17.3 Å². The molecule has 2 nitrogen and oxygen atoms in total. The molecular formula is C12H17BrClNOS. The molecule has 1 heterocycles. The van der Waals surface area contributed by atoms with E-state index in [9.17, 15) is 4.79 Å². The van der Waals surface area contributed by atoms with Gasteiger partial charge in [0.05, 0.1) is 14.0 Å². The second-order valence-corrected chi connectivity index (χ2v) is 6.93. The molecular weight excluding hydrogens is 322 g/mol. The molecule has 0 aliphatic heterocycles. The maximum Gasteiger partial charge on any atom is 0.261 e. The van der Waals surface area contributed by atoms with Crippen molar-refractivity contribution in [2.75, 3.05) is 6.54 Å². The van der Waals surface area contributed by atoms with Crippen LogP contribution in [0.25, 0.3) is 0 Å². The van der Waals surface area contributed by atoms with Crippen LogP contribution in [0.1, 0.15) is 36.4 Å². The average molecular weight is 339 g/mol. The van der Waals surface area contributed by atoms with Crippen LogP contribution in [-0.4, -0.2) is 17.8 Å². The van der Waals surface area contributed by atoms with Gasteiger partial charge < -0.3 is 5.32 Å². The Morgan fingerprint density at radius 2 is 2.12 bits per heavy atom. The van der Waals surface area contributed by atoms with Crippen LogP contribution in [-0.2, 0) is 0 Å². The Labute approximate surface area is 120 Å². The summed E-state index contributed by atoms with van der Waals surface area (Å²) in [6.45, 7) is 4.78. The highest BCUT2D eigenvalue weighted by molar-refractivity contribution is 9.11. The van der Waals surface area contributed by atoms with Crippen LogP contribution < -0.4 is 5.32 Å². The molecule has 1 atom stereocenters. The van der Waals surface area contributed by atoms with Crippen LogP contribution in [0.2, 0.25) is 0 Å². The van der Waals surface area contributed by atoms with Crippen molar-refractivity contribution in [1.29, 1.82) is 0 Å². The third-order valence-electron chi connectivity index (χ3n) is 2.81. The predicted molar refractivity (Wildman–Crippen MR) is 78.1 cm³/mol. The molecule has 1 amide bonds. The standard InChI is InChI=1S/C12H17BrClNOS/c1-3-8(4-2)9(14)7-15-12(16)10-5-6-11(13)17-10/h5-6,8-9H,3-4,7H2,1-2H3,(H,15,16). The maximum absolute atomic E-state index is 11.8. The van der Waals surface area contributed by atoms with Crippen LogP contribution in [0.15, 0.2) is 15.9 Å². The number of amides is 1. The van der Waals surface area contributed by atoms with E-state index in [0.717, 1.165) is 16.6 Å². The quantitative estimate of drug-likeness (QED) is 0.771. The lowest BCUT2D eigenvalue weighted by molar-refractivity contribution is 0.0955. The van der Waals surface area contributed by atoms with E-state index in [1.807, 2.05) is 12.1 Å². The number of hydrogen-bond acceptors (Lipinski definition) is 2. The van der Waals surface area contributed by atoms with Gasteiger partial charge in [-0.1, -0.05) is 26.7 Å². The van der Waals surface area contributed by atoms with Crippen molar-refractivity contribution in [3.05, 3.63) is 20.8 Å². The Morgan fingerprint density at radius 3 is 2.59 bits per heavy atom. The minimum atomic E-state index is -0.0442. The topological polar surface area (TPSA) is 29.1 Å². The van der Waals surface area contributed by atoms with Gasteiger partial charge in [0.25, 0.3) is 5.91 Å². The summed E-state index contributed by atoms with van der Waals surface area (Å²) >= 11 is 11.0. The highest BCUT2D eigenvalue weighted by atomic mass is 79.9. The molecule has 1 aromatic rings. The van der Waals surface area contributed by atoms with Crippen molar-refractivity contribution >= 4 is 44.8 Å². The maximum atomic E-state index is 11.8. The number of halogens is 2. The summed E-state index contributed by atoms with van der Waals surface area (Å²) in [5.74, 6) is 0.421. The first-order valence-corrected chi connectivity index (χ1v) is 7.80. The summed E-state index contributed by atoms with van der Waals surface area (Å²) in [5.41, 5.74) is 0. The summed E-state index contributed by atoms with van der Waals surface area (Å²) < 4.78 is 0.963. The zero-order chi connectivity index (χ0) is 12.8. The lowest BCUT2D eigenvalue weighted by Crippen LogP contribution is -2.32. The van der Waals surface area contributed by atoms with E-state index in [4.69, 9.17) is 11.6 Å². The zero-order valence-electron chi connectivity index (χ0n) is 10.0. The number of alkyl halides is 1. The Hall–Kier alpha value is -0.0600. The molecule has 0 spiro atoms. The molecule has 0 aromatic carbocycles. The molecule has 0 fully saturated rings. The fraction of sp³-hybridized carbons (Fsp3) is 0.583. The molecule has 96 valence electrons. The van der Waals surface area contributed by atoms with Crippen molar-refractivity contribution in [3.63, 3.8) is 0 Å². The van der Waals surface area contributed by atoms with E-state index in [-0.39, 0.29) is 11.3 Å². The van der Waals surface area contributed by atoms with Crippen LogP contribution in [0.4, 0.5) is 0 Å². The second kappa shape index (κ2) is 7.39. The number of thiophene rings is 1. The van der Waals surface area contributed by atoms with Crippen LogP contribution in [0.5, 0.6) is 0 Å². The molecule has 0 aliphatic rings. The molecule has 1 aromatic heterocycles. The molecule has 0 saturated heterocycles. The first-order chi connectivity index (χ1) is 8.08. The van der Waals surface area contributed by atoms with E-state index in [2.05, 4.69) is 35.1 Å². The van der Waals surface area contributed by atoms with Gasteiger partial charge in [0.15, 0.2) is 0 Å². The summed E-state index contributed by atoms with van der Waals surface area (Å²) in [6.07, 6.45) is 2.09. The third kappa shape index (κ3) is 4.60. The Kier molecular flexibility index (Phi) is 6.52. The van der Waals surface area contributed by atoms with Crippen LogP contribution in [0, 0.1) is 5.92 Å². The van der Waals surface area contributed by atoms with Gasteiger partial charge in [0.2, 0.25) is 0 Å². The fourth-order valence-corrected chi connectivity index (χ4v) is 3.42. The molecule has 0 aliphatic carbocycles. The van der Waals surface area contributed by atoms with E-state index in [1.165, 1.54) is 11.3 Å². The average Bonchev–Trinajstić information content (AvgIpc) is 2.74.